The number of hydrogen-bond acceptors (Lipinski definition) is 3. The van der Waals surface area contributed by atoms with Gasteiger partial charge in [-0.15, -0.1) is 0 Å². The Balaban J connectivity index is 2.08. The molecule has 0 unspecified atom stereocenters. The van der Waals surface area contributed by atoms with Gasteiger partial charge < -0.3 is 20.1 Å². The van der Waals surface area contributed by atoms with E-state index in [1.165, 1.54) is 5.56 Å². The number of nitrogens with one attached hydrogen (secondary N) is 2. The van der Waals surface area contributed by atoms with Crippen LogP contribution >= 0.6 is 0 Å². The Morgan fingerprint density at radius 3 is 2.12 bits per heavy atom. The summed E-state index contributed by atoms with van der Waals surface area (Å²) < 4.78 is 10.9. The minimum atomic E-state index is -0.138. The highest BCUT2D eigenvalue weighted by atomic mass is 16.5. The van der Waals surface area contributed by atoms with Crippen LogP contribution in [0.2, 0.25) is 0 Å². The number of benzene rings is 1. The molecule has 5 heteroatoms. The standard InChI is InChI=1S/C19H32N2O3/c1-5-23-14-6-12-20-18(22)21-13-7-15-24-17-10-8-16(9-11-17)19(2,3)4/h8-11H,5-7,12-15H2,1-4H3,(H2,20,21,22). The summed E-state index contributed by atoms with van der Waals surface area (Å²) in [5.41, 5.74) is 1.44. The first-order valence-electron chi connectivity index (χ1n) is 8.76. The van der Waals surface area contributed by atoms with Crippen molar-refractivity contribution < 1.29 is 14.3 Å². The van der Waals surface area contributed by atoms with Gasteiger partial charge in [-0.1, -0.05) is 32.9 Å². The third-order valence-corrected chi connectivity index (χ3v) is 3.55. The van der Waals surface area contributed by atoms with Crippen LogP contribution in [-0.2, 0) is 10.2 Å². The van der Waals surface area contributed by atoms with Crippen molar-refractivity contribution in [2.75, 3.05) is 32.9 Å². The maximum atomic E-state index is 11.5. The summed E-state index contributed by atoms with van der Waals surface area (Å²) in [5.74, 6) is 0.864. The molecule has 0 radical (unpaired) electrons. The maximum absolute atomic E-state index is 11.5. The number of hydrogen-bond donors (Lipinski definition) is 2. The van der Waals surface area contributed by atoms with Gasteiger partial charge in [-0.25, -0.2) is 4.79 Å². The van der Waals surface area contributed by atoms with Crippen molar-refractivity contribution in [3.8, 4) is 5.75 Å². The second kappa shape index (κ2) is 10.9. The molecule has 0 aliphatic heterocycles. The summed E-state index contributed by atoms with van der Waals surface area (Å²) in [6.07, 6.45) is 1.60. The fourth-order valence-electron chi connectivity index (χ4n) is 2.10. The van der Waals surface area contributed by atoms with E-state index >= 15 is 0 Å². The molecule has 2 N–H and O–H groups in total. The SMILES string of the molecule is CCOCCCNC(=O)NCCCOc1ccc(C(C)(C)C)cc1. The van der Waals surface area contributed by atoms with Gasteiger partial charge in [0.1, 0.15) is 5.75 Å². The van der Waals surface area contributed by atoms with Gasteiger partial charge in [0.2, 0.25) is 0 Å². The molecule has 0 spiro atoms. The van der Waals surface area contributed by atoms with Crippen LogP contribution < -0.4 is 15.4 Å². The smallest absolute Gasteiger partial charge is 0.314 e. The second-order valence-electron chi connectivity index (χ2n) is 6.71. The topological polar surface area (TPSA) is 59.6 Å². The van der Waals surface area contributed by atoms with Crippen molar-refractivity contribution >= 4 is 6.03 Å². The Kier molecular flexibility index (Phi) is 9.23. The number of amides is 2. The zero-order valence-corrected chi connectivity index (χ0v) is 15.5. The zero-order chi connectivity index (χ0) is 17.8. The lowest BCUT2D eigenvalue weighted by Crippen LogP contribution is -2.37. The number of urea groups is 1. The molecule has 24 heavy (non-hydrogen) atoms. The largest absolute Gasteiger partial charge is 0.494 e. The molecule has 0 heterocycles. The van der Waals surface area contributed by atoms with Gasteiger partial charge in [0.25, 0.3) is 0 Å². The van der Waals surface area contributed by atoms with Crippen molar-refractivity contribution in [3.63, 3.8) is 0 Å². The number of rotatable bonds is 10. The molecule has 0 aliphatic carbocycles. The van der Waals surface area contributed by atoms with E-state index in [4.69, 9.17) is 9.47 Å². The van der Waals surface area contributed by atoms with Crippen LogP contribution in [0, 0.1) is 0 Å². The van der Waals surface area contributed by atoms with E-state index in [0.717, 1.165) is 18.6 Å². The maximum Gasteiger partial charge on any atom is 0.314 e. The van der Waals surface area contributed by atoms with E-state index in [2.05, 4.69) is 43.5 Å². The minimum Gasteiger partial charge on any atom is -0.494 e. The summed E-state index contributed by atoms with van der Waals surface area (Å²) in [6, 6.07) is 8.06. The fourth-order valence-corrected chi connectivity index (χ4v) is 2.10. The molecule has 0 bridgehead atoms. The molecule has 0 saturated carbocycles. The molecule has 0 atom stereocenters. The van der Waals surface area contributed by atoms with Crippen LogP contribution in [0.25, 0.3) is 0 Å². The highest BCUT2D eigenvalue weighted by Crippen LogP contribution is 2.24. The van der Waals surface area contributed by atoms with E-state index in [-0.39, 0.29) is 11.4 Å². The highest BCUT2D eigenvalue weighted by Gasteiger charge is 2.12. The highest BCUT2D eigenvalue weighted by molar-refractivity contribution is 5.73. The molecular formula is C19H32N2O3. The molecule has 0 fully saturated rings. The molecule has 1 aromatic carbocycles. The number of carbonyl (C=O) groups excluding carboxylic acids is 1. The molecule has 136 valence electrons. The van der Waals surface area contributed by atoms with Crippen molar-refractivity contribution in [2.24, 2.45) is 0 Å². The molecule has 5 nitrogen and oxygen atoms in total. The number of ether oxygens (including phenoxy) is 2. The first kappa shape index (κ1) is 20.3. The van der Waals surface area contributed by atoms with E-state index < -0.39 is 0 Å². The predicted octanol–water partition coefficient (Wildman–Crippen LogP) is 3.48. The lowest BCUT2D eigenvalue weighted by atomic mass is 9.87. The summed E-state index contributed by atoms with van der Waals surface area (Å²) in [6.45, 7) is 11.7. The quantitative estimate of drug-likeness (QED) is 0.643. The van der Waals surface area contributed by atoms with Crippen LogP contribution in [0.5, 0.6) is 5.75 Å². The van der Waals surface area contributed by atoms with Crippen molar-refractivity contribution in [2.45, 2.75) is 46.0 Å². The molecule has 0 saturated heterocycles. The second-order valence-corrected chi connectivity index (χ2v) is 6.71. The zero-order valence-electron chi connectivity index (χ0n) is 15.5. The Bertz CT molecular complexity index is 466. The van der Waals surface area contributed by atoms with Crippen molar-refractivity contribution in [3.05, 3.63) is 29.8 Å². The van der Waals surface area contributed by atoms with Gasteiger partial charge in [0.05, 0.1) is 6.61 Å². The Morgan fingerprint density at radius 1 is 1.00 bits per heavy atom. The summed E-state index contributed by atoms with van der Waals surface area (Å²) in [7, 11) is 0. The Hall–Kier alpha value is -1.75. The van der Waals surface area contributed by atoms with E-state index in [1.54, 1.807) is 0 Å². The third-order valence-electron chi connectivity index (χ3n) is 3.55. The molecule has 1 rings (SSSR count). The van der Waals surface area contributed by atoms with E-state index in [1.807, 2.05) is 19.1 Å². The summed E-state index contributed by atoms with van der Waals surface area (Å²) >= 11 is 0. The Labute approximate surface area is 146 Å². The van der Waals surface area contributed by atoms with Crippen molar-refractivity contribution in [1.82, 2.24) is 10.6 Å². The van der Waals surface area contributed by atoms with E-state index in [9.17, 15) is 4.79 Å². The monoisotopic (exact) mass is 336 g/mol. The average Bonchev–Trinajstić information content (AvgIpc) is 2.54. The van der Waals surface area contributed by atoms with Crippen LogP contribution in [0.4, 0.5) is 4.79 Å². The first-order valence-corrected chi connectivity index (χ1v) is 8.76. The lowest BCUT2D eigenvalue weighted by molar-refractivity contribution is 0.145. The normalized spacial score (nSPS) is 11.2. The molecule has 0 aromatic heterocycles. The van der Waals surface area contributed by atoms with Gasteiger partial charge in [-0.3, -0.25) is 0 Å². The van der Waals surface area contributed by atoms with Crippen LogP contribution in [0.15, 0.2) is 24.3 Å². The lowest BCUT2D eigenvalue weighted by Gasteiger charge is -2.19. The number of carbonyl (C=O) groups is 1. The minimum absolute atomic E-state index is 0.138. The first-order chi connectivity index (χ1) is 11.4. The van der Waals surface area contributed by atoms with Crippen LogP contribution in [0.3, 0.4) is 0 Å². The Morgan fingerprint density at radius 2 is 1.58 bits per heavy atom. The fraction of sp³-hybridized carbons (Fsp3) is 0.632. The van der Waals surface area contributed by atoms with Gasteiger partial charge in [-0.2, -0.15) is 0 Å². The van der Waals surface area contributed by atoms with E-state index in [0.29, 0.717) is 32.9 Å². The van der Waals surface area contributed by atoms with Crippen LogP contribution in [-0.4, -0.2) is 38.9 Å². The molecule has 0 aliphatic rings. The van der Waals surface area contributed by atoms with Gasteiger partial charge in [0.15, 0.2) is 0 Å². The van der Waals surface area contributed by atoms with Gasteiger partial charge in [0, 0.05) is 26.3 Å². The summed E-state index contributed by atoms with van der Waals surface area (Å²) in [4.78, 5) is 11.5. The third kappa shape index (κ3) is 8.77. The summed E-state index contributed by atoms with van der Waals surface area (Å²) in [5, 5.41) is 5.62. The molecular weight excluding hydrogens is 304 g/mol. The van der Waals surface area contributed by atoms with Gasteiger partial charge in [-0.05, 0) is 42.9 Å². The van der Waals surface area contributed by atoms with Crippen LogP contribution in [0.1, 0.15) is 46.1 Å². The predicted molar refractivity (Wildman–Crippen MR) is 97.8 cm³/mol. The average molecular weight is 336 g/mol. The molecule has 2 amide bonds. The van der Waals surface area contributed by atoms with Crippen molar-refractivity contribution in [1.29, 1.82) is 0 Å². The molecule has 1 aromatic rings. The van der Waals surface area contributed by atoms with Gasteiger partial charge >= 0.3 is 6.03 Å².